The van der Waals surface area contributed by atoms with E-state index < -0.39 is 28.5 Å². The third-order valence-electron chi connectivity index (χ3n) is 8.02. The van der Waals surface area contributed by atoms with Crippen LogP contribution in [0.1, 0.15) is 36.8 Å². The van der Waals surface area contributed by atoms with Gasteiger partial charge < -0.3 is 15.0 Å². The van der Waals surface area contributed by atoms with E-state index in [1.165, 1.54) is 4.90 Å². The molecule has 1 fully saturated rings. The number of carbonyl (C=O) groups excluding carboxylic acids is 2. The van der Waals surface area contributed by atoms with Gasteiger partial charge in [0.1, 0.15) is 24.1 Å². The number of halogens is 1. The minimum atomic E-state index is -3.88. The van der Waals surface area contributed by atoms with E-state index >= 15 is 0 Å². The first-order valence-electron chi connectivity index (χ1n) is 15.3. The van der Waals surface area contributed by atoms with Gasteiger partial charge in [0.05, 0.1) is 11.9 Å². The van der Waals surface area contributed by atoms with Crippen LogP contribution < -0.4 is 14.4 Å². The number of sulfonamides is 1. The van der Waals surface area contributed by atoms with E-state index in [1.807, 2.05) is 84.9 Å². The molecule has 0 saturated heterocycles. The summed E-state index contributed by atoms with van der Waals surface area (Å²) in [5, 5.41) is 3.18. The molecule has 0 spiro atoms. The lowest BCUT2D eigenvalue weighted by molar-refractivity contribution is -0.140. The van der Waals surface area contributed by atoms with Crippen LogP contribution in [-0.4, -0.2) is 50.0 Å². The first-order valence-corrected chi connectivity index (χ1v) is 18.0. The van der Waals surface area contributed by atoms with Gasteiger partial charge in [0, 0.05) is 23.5 Å². The van der Waals surface area contributed by atoms with Gasteiger partial charge in [-0.2, -0.15) is 0 Å². The third kappa shape index (κ3) is 9.20. The van der Waals surface area contributed by atoms with E-state index in [-0.39, 0.29) is 24.9 Å². The molecule has 1 aliphatic rings. The number of para-hydroxylation sites is 1. The average molecular weight is 705 g/mol. The molecule has 1 N–H and O–H groups in total. The Morgan fingerprint density at radius 3 is 2.02 bits per heavy atom. The number of hydrogen-bond donors (Lipinski definition) is 1. The zero-order valence-corrected chi connectivity index (χ0v) is 28.1. The van der Waals surface area contributed by atoms with E-state index in [2.05, 4.69) is 21.2 Å². The van der Waals surface area contributed by atoms with Crippen LogP contribution >= 0.6 is 15.9 Å². The Balaban J connectivity index is 1.45. The molecule has 46 heavy (non-hydrogen) atoms. The molecule has 0 aliphatic heterocycles. The number of nitrogens with one attached hydrogen (secondary N) is 1. The highest BCUT2D eigenvalue weighted by Gasteiger charge is 2.34. The maximum absolute atomic E-state index is 14.3. The number of carbonyl (C=O) groups is 2. The van der Waals surface area contributed by atoms with Crippen molar-refractivity contribution in [2.24, 2.45) is 0 Å². The second-order valence-electron chi connectivity index (χ2n) is 11.5. The molecule has 4 aromatic rings. The molecule has 5 rings (SSSR count). The predicted molar refractivity (Wildman–Crippen MR) is 184 cm³/mol. The van der Waals surface area contributed by atoms with Crippen LogP contribution in [0.5, 0.6) is 11.5 Å². The van der Waals surface area contributed by atoms with Gasteiger partial charge in [0.25, 0.3) is 0 Å². The largest absolute Gasteiger partial charge is 0.457 e. The van der Waals surface area contributed by atoms with Gasteiger partial charge in [0.2, 0.25) is 21.8 Å². The quantitative estimate of drug-likeness (QED) is 0.167. The lowest BCUT2D eigenvalue weighted by Gasteiger charge is -2.34. The van der Waals surface area contributed by atoms with Crippen molar-refractivity contribution in [3.05, 3.63) is 125 Å². The van der Waals surface area contributed by atoms with Crippen LogP contribution in [0.15, 0.2) is 114 Å². The molecular weight excluding hydrogens is 666 g/mol. The third-order valence-corrected chi connectivity index (χ3v) is 9.69. The standard InChI is InChI=1S/C36H38BrN3O5S/c1-46(43,44)40(31-20-22-33(23-21-31)45-32-14-6-3-7-15-32)26-35(41)39(25-28-16-18-29(37)19-17-28)34(24-27-10-4-2-5-11-27)36(42)38-30-12-8-9-13-30/h2-7,10-11,14-23,30,34H,8-9,12-13,24-26H2,1H3,(H,38,42)/t34-/m1/s1. The molecule has 2 amide bonds. The number of ether oxygens (including phenoxy) is 1. The molecule has 0 heterocycles. The predicted octanol–water partition coefficient (Wildman–Crippen LogP) is 6.71. The van der Waals surface area contributed by atoms with Crippen LogP contribution in [0.3, 0.4) is 0 Å². The number of rotatable bonds is 13. The highest BCUT2D eigenvalue weighted by molar-refractivity contribution is 9.10. The lowest BCUT2D eigenvalue weighted by atomic mass is 10.0. The fourth-order valence-electron chi connectivity index (χ4n) is 5.63. The highest BCUT2D eigenvalue weighted by atomic mass is 79.9. The Labute approximate surface area is 279 Å². The smallest absolute Gasteiger partial charge is 0.244 e. The Kier molecular flexibility index (Phi) is 11.1. The molecule has 0 unspecified atom stereocenters. The monoisotopic (exact) mass is 703 g/mol. The van der Waals surface area contributed by atoms with Gasteiger partial charge in [-0.15, -0.1) is 0 Å². The van der Waals surface area contributed by atoms with Crippen LogP contribution in [0.2, 0.25) is 0 Å². The summed E-state index contributed by atoms with van der Waals surface area (Å²) in [7, 11) is -3.88. The number of hydrogen-bond acceptors (Lipinski definition) is 5. The van der Waals surface area contributed by atoms with Crippen LogP contribution in [-0.2, 0) is 32.6 Å². The first-order chi connectivity index (χ1) is 22.2. The Morgan fingerprint density at radius 1 is 0.826 bits per heavy atom. The summed E-state index contributed by atoms with van der Waals surface area (Å²) in [6, 6.07) is 32.1. The van der Waals surface area contributed by atoms with Gasteiger partial charge in [-0.25, -0.2) is 8.42 Å². The number of benzene rings is 4. The topological polar surface area (TPSA) is 96.0 Å². The molecule has 4 aromatic carbocycles. The molecule has 1 aliphatic carbocycles. The second-order valence-corrected chi connectivity index (χ2v) is 14.3. The van der Waals surface area contributed by atoms with Crippen LogP contribution in [0, 0.1) is 0 Å². The van der Waals surface area contributed by atoms with E-state index in [0.29, 0.717) is 17.2 Å². The van der Waals surface area contributed by atoms with E-state index in [9.17, 15) is 18.0 Å². The van der Waals surface area contributed by atoms with Crippen LogP contribution in [0.25, 0.3) is 0 Å². The maximum atomic E-state index is 14.3. The summed E-state index contributed by atoms with van der Waals surface area (Å²) >= 11 is 3.46. The van der Waals surface area contributed by atoms with Crippen molar-refractivity contribution in [3.63, 3.8) is 0 Å². The summed E-state index contributed by atoms with van der Waals surface area (Å²) in [6.45, 7) is -0.348. The molecule has 0 radical (unpaired) electrons. The van der Waals surface area contributed by atoms with Gasteiger partial charge in [0.15, 0.2) is 0 Å². The second kappa shape index (κ2) is 15.4. The lowest BCUT2D eigenvalue weighted by Crippen LogP contribution is -2.54. The summed E-state index contributed by atoms with van der Waals surface area (Å²) in [5.41, 5.74) is 2.03. The van der Waals surface area contributed by atoms with Crippen molar-refractivity contribution in [1.82, 2.24) is 10.2 Å². The summed E-state index contributed by atoms with van der Waals surface area (Å²) in [4.78, 5) is 29.8. The molecule has 240 valence electrons. The van der Waals surface area contributed by atoms with Crippen molar-refractivity contribution in [2.75, 3.05) is 17.1 Å². The van der Waals surface area contributed by atoms with Crippen molar-refractivity contribution in [1.29, 1.82) is 0 Å². The number of amides is 2. The normalized spacial score (nSPS) is 14.0. The molecule has 1 atom stereocenters. The molecule has 8 nitrogen and oxygen atoms in total. The first kappa shape index (κ1) is 33.2. The van der Waals surface area contributed by atoms with E-state index in [4.69, 9.17) is 4.74 Å². The zero-order valence-electron chi connectivity index (χ0n) is 25.7. The Bertz CT molecular complexity index is 1700. The van der Waals surface area contributed by atoms with Crippen molar-refractivity contribution >= 4 is 43.5 Å². The number of nitrogens with zero attached hydrogens (tertiary/aromatic N) is 2. The van der Waals surface area contributed by atoms with Gasteiger partial charge in [-0.3, -0.25) is 13.9 Å². The molecule has 1 saturated carbocycles. The summed E-state index contributed by atoms with van der Waals surface area (Å²) in [5.74, 6) is 0.447. The highest BCUT2D eigenvalue weighted by Crippen LogP contribution is 2.27. The maximum Gasteiger partial charge on any atom is 0.244 e. The van der Waals surface area contributed by atoms with Crippen LogP contribution in [0.4, 0.5) is 5.69 Å². The van der Waals surface area contributed by atoms with Crippen molar-refractivity contribution in [3.8, 4) is 11.5 Å². The minimum Gasteiger partial charge on any atom is -0.457 e. The fourth-order valence-corrected chi connectivity index (χ4v) is 6.74. The Morgan fingerprint density at radius 2 is 1.41 bits per heavy atom. The molecule has 10 heteroatoms. The minimum absolute atomic E-state index is 0.0551. The molecule has 0 bridgehead atoms. The van der Waals surface area contributed by atoms with Gasteiger partial charge >= 0.3 is 0 Å². The van der Waals surface area contributed by atoms with Crippen molar-refractivity contribution in [2.45, 2.75) is 50.7 Å². The van der Waals surface area contributed by atoms with E-state index in [1.54, 1.807) is 24.3 Å². The van der Waals surface area contributed by atoms with Gasteiger partial charge in [-0.1, -0.05) is 89.4 Å². The average Bonchev–Trinajstić information content (AvgIpc) is 3.56. The fraction of sp³-hybridized carbons (Fsp3) is 0.278. The summed E-state index contributed by atoms with van der Waals surface area (Å²) < 4.78 is 34.1. The SMILES string of the molecule is CS(=O)(=O)N(CC(=O)N(Cc1ccc(Br)cc1)[C@H](Cc1ccccc1)C(=O)NC1CCCC1)c1ccc(Oc2ccccc2)cc1. The van der Waals surface area contributed by atoms with Gasteiger partial charge in [-0.05, 0) is 72.5 Å². The molecule has 0 aromatic heterocycles. The zero-order chi connectivity index (χ0) is 32.5. The number of anilines is 1. The molecular formula is C36H38BrN3O5S. The summed E-state index contributed by atoms with van der Waals surface area (Å²) in [6.07, 6.45) is 5.25. The Hall–Kier alpha value is -4.15. The van der Waals surface area contributed by atoms with Crippen molar-refractivity contribution < 1.29 is 22.7 Å². The van der Waals surface area contributed by atoms with E-state index in [0.717, 1.165) is 51.8 Å².